The second-order valence-corrected chi connectivity index (χ2v) is 9.14. The van der Waals surface area contributed by atoms with E-state index in [1.54, 1.807) is 0 Å². The maximum atomic E-state index is 6.13. The van der Waals surface area contributed by atoms with E-state index in [1.807, 2.05) is 0 Å². The topological polar surface area (TPSA) is 68.2 Å². The molecule has 0 aliphatic rings. The zero-order valence-electron chi connectivity index (χ0n) is 18.7. The van der Waals surface area contributed by atoms with Crippen molar-refractivity contribution < 1.29 is 4.42 Å². The van der Waals surface area contributed by atoms with E-state index in [0.717, 1.165) is 54.6 Å². The van der Waals surface area contributed by atoms with Gasteiger partial charge in [0.1, 0.15) is 0 Å². The first-order valence-corrected chi connectivity index (χ1v) is 11.0. The van der Waals surface area contributed by atoms with Crippen LogP contribution in [0.2, 0.25) is 0 Å². The van der Waals surface area contributed by atoms with Crippen LogP contribution in [0.4, 0.5) is 5.82 Å². The highest BCUT2D eigenvalue weighted by Crippen LogP contribution is 2.30. The lowest BCUT2D eigenvalue weighted by atomic mass is 10.0. The molecule has 3 aromatic rings. The van der Waals surface area contributed by atoms with Gasteiger partial charge >= 0.3 is 0 Å². The van der Waals surface area contributed by atoms with Crippen LogP contribution >= 0.6 is 0 Å². The largest absolute Gasteiger partial charge is 0.440 e. The molecular formula is C24H36N4O. The second kappa shape index (κ2) is 9.12. The number of nitrogens with two attached hydrogens (primary N) is 1. The lowest BCUT2D eigenvalue weighted by molar-refractivity contribution is 0.172. The first-order valence-electron chi connectivity index (χ1n) is 11.0. The summed E-state index contributed by atoms with van der Waals surface area (Å²) in [4.78, 5) is 11.6. The molecule has 0 atom stereocenters. The molecule has 0 spiro atoms. The Morgan fingerprint density at radius 1 is 1.03 bits per heavy atom. The van der Waals surface area contributed by atoms with Crippen molar-refractivity contribution in [2.24, 2.45) is 0 Å². The molecule has 0 saturated carbocycles. The van der Waals surface area contributed by atoms with Crippen molar-refractivity contribution in [1.29, 1.82) is 0 Å². The third kappa shape index (κ3) is 5.27. The van der Waals surface area contributed by atoms with Gasteiger partial charge in [-0.2, -0.15) is 0 Å². The SMILES string of the molecule is CCCCc1nc2c(N)nc3ccc(CCCCCN(C)C(C)(C)C)cc3c2o1. The number of pyridine rings is 1. The molecule has 2 aromatic heterocycles. The molecule has 1 aromatic carbocycles. The Hall–Kier alpha value is -2.14. The maximum Gasteiger partial charge on any atom is 0.195 e. The van der Waals surface area contributed by atoms with Crippen LogP contribution in [0.3, 0.4) is 0 Å². The van der Waals surface area contributed by atoms with Crippen molar-refractivity contribution >= 4 is 27.8 Å². The molecule has 0 radical (unpaired) electrons. The van der Waals surface area contributed by atoms with Crippen molar-refractivity contribution in [2.45, 2.75) is 78.2 Å². The molecule has 29 heavy (non-hydrogen) atoms. The highest BCUT2D eigenvalue weighted by Gasteiger charge is 2.16. The molecule has 0 amide bonds. The number of nitrogens with zero attached hydrogens (tertiary/aromatic N) is 3. The minimum atomic E-state index is 0.242. The highest BCUT2D eigenvalue weighted by molar-refractivity contribution is 6.05. The van der Waals surface area contributed by atoms with Gasteiger partial charge < -0.3 is 15.1 Å². The van der Waals surface area contributed by atoms with E-state index in [9.17, 15) is 0 Å². The molecule has 3 rings (SSSR count). The monoisotopic (exact) mass is 396 g/mol. The minimum Gasteiger partial charge on any atom is -0.440 e. The Labute approximate surface area is 174 Å². The Bertz CT molecular complexity index is 955. The Morgan fingerprint density at radius 3 is 2.55 bits per heavy atom. The standard InChI is InChI=1S/C24H36N4O/c1-6-7-12-20-27-21-22(29-20)18-16-17(13-14-19(18)26-23(21)25)11-9-8-10-15-28(5)24(2,3)4/h13-14,16H,6-12,15H2,1-5H3,(H2,25,26). The number of oxazole rings is 1. The molecule has 158 valence electrons. The summed E-state index contributed by atoms with van der Waals surface area (Å²) in [5.74, 6) is 1.21. The fourth-order valence-electron chi connectivity index (χ4n) is 3.55. The molecule has 0 bridgehead atoms. The van der Waals surface area contributed by atoms with Gasteiger partial charge in [-0.25, -0.2) is 9.97 Å². The molecule has 0 saturated heterocycles. The van der Waals surface area contributed by atoms with Crippen molar-refractivity contribution in [3.63, 3.8) is 0 Å². The summed E-state index contributed by atoms with van der Waals surface area (Å²) in [6.45, 7) is 10.1. The smallest absolute Gasteiger partial charge is 0.195 e. The van der Waals surface area contributed by atoms with E-state index in [2.05, 4.69) is 67.8 Å². The van der Waals surface area contributed by atoms with E-state index in [-0.39, 0.29) is 5.54 Å². The predicted octanol–water partition coefficient (Wildman–Crippen LogP) is 5.74. The summed E-state index contributed by atoms with van der Waals surface area (Å²) in [5, 5.41) is 1.02. The number of hydrogen-bond acceptors (Lipinski definition) is 5. The average molecular weight is 397 g/mol. The van der Waals surface area contributed by atoms with E-state index in [0.29, 0.717) is 11.3 Å². The zero-order chi connectivity index (χ0) is 21.0. The van der Waals surface area contributed by atoms with Gasteiger partial charge in [0.25, 0.3) is 0 Å². The van der Waals surface area contributed by atoms with Crippen molar-refractivity contribution in [3.05, 3.63) is 29.7 Å². The van der Waals surface area contributed by atoms with Crippen molar-refractivity contribution in [1.82, 2.24) is 14.9 Å². The number of nitrogen functional groups attached to an aromatic ring is 1. The number of anilines is 1. The fraction of sp³-hybridized carbons (Fsp3) is 0.583. The normalized spacial score (nSPS) is 12.5. The van der Waals surface area contributed by atoms with Crippen molar-refractivity contribution in [2.75, 3.05) is 19.3 Å². The molecule has 0 unspecified atom stereocenters. The zero-order valence-corrected chi connectivity index (χ0v) is 18.7. The summed E-state index contributed by atoms with van der Waals surface area (Å²) in [7, 11) is 2.21. The molecule has 2 N–H and O–H groups in total. The number of rotatable bonds is 9. The number of benzene rings is 1. The first kappa shape index (κ1) is 21.6. The summed E-state index contributed by atoms with van der Waals surface area (Å²) >= 11 is 0. The lowest BCUT2D eigenvalue weighted by Gasteiger charge is -2.31. The summed E-state index contributed by atoms with van der Waals surface area (Å²) in [5.41, 5.74) is 10.1. The third-order valence-corrected chi connectivity index (χ3v) is 5.81. The number of unbranched alkanes of at least 4 members (excludes halogenated alkanes) is 3. The Kier molecular flexibility index (Phi) is 6.78. The summed E-state index contributed by atoms with van der Waals surface area (Å²) in [6.07, 6.45) is 7.74. The Balaban J connectivity index is 1.69. The van der Waals surface area contributed by atoms with Gasteiger partial charge in [-0.3, -0.25) is 0 Å². The van der Waals surface area contributed by atoms with Gasteiger partial charge in [-0.15, -0.1) is 0 Å². The third-order valence-electron chi connectivity index (χ3n) is 5.81. The summed E-state index contributed by atoms with van der Waals surface area (Å²) in [6, 6.07) is 6.43. The van der Waals surface area contributed by atoms with Crippen molar-refractivity contribution in [3.8, 4) is 0 Å². The minimum absolute atomic E-state index is 0.242. The maximum absolute atomic E-state index is 6.13. The van der Waals surface area contributed by atoms with Crippen LogP contribution in [0.1, 0.15) is 71.3 Å². The average Bonchev–Trinajstić information content (AvgIpc) is 3.11. The first-order chi connectivity index (χ1) is 13.8. The molecule has 0 aliphatic heterocycles. The molecule has 2 heterocycles. The number of fused-ring (bicyclic) bond motifs is 3. The van der Waals surface area contributed by atoms with Crippen LogP contribution in [0.15, 0.2) is 22.6 Å². The fourth-order valence-corrected chi connectivity index (χ4v) is 3.55. The number of aryl methyl sites for hydroxylation is 2. The van der Waals surface area contributed by atoms with Gasteiger partial charge in [-0.1, -0.05) is 25.8 Å². The van der Waals surface area contributed by atoms with Gasteiger partial charge in [0, 0.05) is 17.3 Å². The predicted molar refractivity (Wildman–Crippen MR) is 122 cm³/mol. The van der Waals surface area contributed by atoms with E-state index in [4.69, 9.17) is 10.2 Å². The van der Waals surface area contributed by atoms with E-state index in [1.165, 1.54) is 24.8 Å². The quantitative estimate of drug-likeness (QED) is 0.467. The molecule has 5 heteroatoms. The van der Waals surface area contributed by atoms with Crippen LogP contribution in [0.5, 0.6) is 0 Å². The second-order valence-electron chi connectivity index (χ2n) is 9.14. The van der Waals surface area contributed by atoms with E-state index < -0.39 is 0 Å². The van der Waals surface area contributed by atoms with Crippen LogP contribution in [-0.2, 0) is 12.8 Å². The Morgan fingerprint density at radius 2 is 1.83 bits per heavy atom. The van der Waals surface area contributed by atoms with Crippen LogP contribution in [-0.4, -0.2) is 34.0 Å². The molecule has 0 fully saturated rings. The van der Waals surface area contributed by atoms with Gasteiger partial charge in [0.05, 0.1) is 5.52 Å². The van der Waals surface area contributed by atoms with Crippen LogP contribution in [0, 0.1) is 0 Å². The molecule has 0 aliphatic carbocycles. The summed E-state index contributed by atoms with van der Waals surface area (Å²) < 4.78 is 6.08. The number of hydrogen-bond donors (Lipinski definition) is 1. The molecular weight excluding hydrogens is 360 g/mol. The lowest BCUT2D eigenvalue weighted by Crippen LogP contribution is -2.38. The van der Waals surface area contributed by atoms with Crippen LogP contribution < -0.4 is 5.73 Å². The van der Waals surface area contributed by atoms with E-state index >= 15 is 0 Å². The molecule has 5 nitrogen and oxygen atoms in total. The van der Waals surface area contributed by atoms with Gasteiger partial charge in [0.2, 0.25) is 0 Å². The number of aromatic nitrogens is 2. The van der Waals surface area contributed by atoms with Gasteiger partial charge in [0.15, 0.2) is 22.8 Å². The van der Waals surface area contributed by atoms with Gasteiger partial charge in [-0.05, 0) is 77.7 Å². The highest BCUT2D eigenvalue weighted by atomic mass is 16.3. The van der Waals surface area contributed by atoms with Crippen LogP contribution in [0.25, 0.3) is 22.0 Å².